The van der Waals surface area contributed by atoms with Gasteiger partial charge in [0.25, 0.3) is 5.91 Å². The van der Waals surface area contributed by atoms with Crippen molar-refractivity contribution in [3.05, 3.63) is 76.6 Å². The molecule has 0 unspecified atom stereocenters. The zero-order valence-electron chi connectivity index (χ0n) is 20.1. The van der Waals surface area contributed by atoms with Crippen LogP contribution in [0.3, 0.4) is 0 Å². The minimum absolute atomic E-state index is 0.0822. The molecule has 2 aromatic heterocycles. The number of nitrogens with one attached hydrogen (secondary N) is 2. The number of hydrogen-bond acceptors (Lipinski definition) is 6. The van der Waals surface area contributed by atoms with Gasteiger partial charge >= 0.3 is 6.18 Å². The van der Waals surface area contributed by atoms with E-state index in [-0.39, 0.29) is 22.6 Å². The number of carbonyl (C=O) groups is 1. The molecule has 0 radical (unpaired) electrons. The SMILES string of the molecule is Cc1cc(F)ccc1-n1nnc(C(=O)Nc2ccc3cc(CN4CCNCC4)c(F)cc3n2)c1C(F)(F)F. The maximum absolute atomic E-state index is 14.8. The molecule has 38 heavy (non-hydrogen) atoms. The number of alkyl halides is 3. The van der Waals surface area contributed by atoms with E-state index in [9.17, 15) is 26.7 Å². The average Bonchev–Trinajstić information content (AvgIpc) is 3.31. The Kier molecular flexibility index (Phi) is 6.80. The van der Waals surface area contributed by atoms with Crippen LogP contribution in [0.15, 0.2) is 42.5 Å². The van der Waals surface area contributed by atoms with Crippen molar-refractivity contribution in [1.29, 1.82) is 0 Å². The molecule has 3 heterocycles. The first-order valence-electron chi connectivity index (χ1n) is 11.7. The first-order valence-corrected chi connectivity index (χ1v) is 11.7. The Morgan fingerprint density at radius 2 is 1.84 bits per heavy atom. The monoisotopic (exact) mass is 531 g/mol. The Hall–Kier alpha value is -3.97. The number of halogens is 5. The molecule has 1 aliphatic heterocycles. The Morgan fingerprint density at radius 3 is 2.55 bits per heavy atom. The highest BCUT2D eigenvalue weighted by atomic mass is 19.4. The third-order valence-corrected chi connectivity index (χ3v) is 6.24. The summed E-state index contributed by atoms with van der Waals surface area (Å²) in [4.78, 5) is 19.2. The van der Waals surface area contributed by atoms with Gasteiger partial charge in [0.1, 0.15) is 17.5 Å². The van der Waals surface area contributed by atoms with E-state index in [0.717, 1.165) is 44.4 Å². The van der Waals surface area contributed by atoms with Crippen LogP contribution < -0.4 is 10.6 Å². The molecule has 2 aromatic carbocycles. The van der Waals surface area contributed by atoms with E-state index in [1.54, 1.807) is 12.1 Å². The number of hydrogen-bond donors (Lipinski definition) is 2. The molecule has 1 amide bonds. The molecule has 2 N–H and O–H groups in total. The summed E-state index contributed by atoms with van der Waals surface area (Å²) in [5.74, 6) is -2.39. The number of anilines is 1. The number of rotatable bonds is 5. The molecular formula is C25H22F5N7O. The lowest BCUT2D eigenvalue weighted by atomic mass is 10.1. The fourth-order valence-corrected chi connectivity index (χ4v) is 4.38. The molecule has 13 heteroatoms. The smallest absolute Gasteiger partial charge is 0.314 e. The molecule has 4 aromatic rings. The van der Waals surface area contributed by atoms with E-state index in [1.807, 2.05) is 0 Å². The lowest BCUT2D eigenvalue weighted by Crippen LogP contribution is -2.43. The van der Waals surface area contributed by atoms with Gasteiger partial charge in [-0.25, -0.2) is 18.4 Å². The first kappa shape index (κ1) is 25.7. The first-order chi connectivity index (χ1) is 18.1. The summed E-state index contributed by atoms with van der Waals surface area (Å²) in [6.45, 7) is 5.09. The van der Waals surface area contributed by atoms with Crippen molar-refractivity contribution in [3.8, 4) is 5.69 Å². The highest BCUT2D eigenvalue weighted by Crippen LogP contribution is 2.34. The molecule has 0 aliphatic carbocycles. The normalized spacial score (nSPS) is 14.7. The summed E-state index contributed by atoms with van der Waals surface area (Å²) in [6.07, 6.45) is -5.00. The highest BCUT2D eigenvalue weighted by Gasteiger charge is 2.42. The lowest BCUT2D eigenvalue weighted by Gasteiger charge is -2.27. The van der Waals surface area contributed by atoms with Gasteiger partial charge in [0.2, 0.25) is 0 Å². The van der Waals surface area contributed by atoms with E-state index in [2.05, 4.69) is 30.8 Å². The number of pyridine rings is 1. The molecule has 5 rings (SSSR count). The third kappa shape index (κ3) is 5.20. The van der Waals surface area contributed by atoms with Gasteiger partial charge < -0.3 is 10.6 Å². The molecule has 1 saturated heterocycles. The fraction of sp³-hybridized carbons (Fsp3) is 0.280. The summed E-state index contributed by atoms with van der Waals surface area (Å²) in [7, 11) is 0. The van der Waals surface area contributed by atoms with Gasteiger partial charge in [-0.15, -0.1) is 5.10 Å². The van der Waals surface area contributed by atoms with Crippen LogP contribution >= 0.6 is 0 Å². The maximum Gasteiger partial charge on any atom is 0.435 e. The lowest BCUT2D eigenvalue weighted by molar-refractivity contribution is -0.143. The summed E-state index contributed by atoms with van der Waals surface area (Å²) >= 11 is 0. The summed E-state index contributed by atoms with van der Waals surface area (Å²) in [5, 5.41) is 13.1. The second kappa shape index (κ2) is 10.1. The van der Waals surface area contributed by atoms with Crippen LogP contribution in [0.5, 0.6) is 0 Å². The number of benzene rings is 2. The second-order valence-corrected chi connectivity index (χ2v) is 8.94. The average molecular weight is 531 g/mol. The third-order valence-electron chi connectivity index (χ3n) is 6.24. The van der Waals surface area contributed by atoms with Crippen LogP contribution in [-0.4, -0.2) is 57.0 Å². The second-order valence-electron chi connectivity index (χ2n) is 8.94. The standard InChI is InChI=1S/C25H22F5N7O/c1-14-10-17(26)3-4-20(14)37-23(25(28,29)30)22(34-35-37)24(38)33-21-5-2-15-11-16(18(27)12-19(15)32-21)13-36-8-6-31-7-9-36/h2-5,10-12,31H,6-9,13H2,1H3,(H,32,33,38). The Balaban J connectivity index is 1.42. The summed E-state index contributed by atoms with van der Waals surface area (Å²) < 4.78 is 70.7. The molecule has 0 bridgehead atoms. The van der Waals surface area contributed by atoms with Crippen molar-refractivity contribution in [3.63, 3.8) is 0 Å². The van der Waals surface area contributed by atoms with E-state index in [4.69, 9.17) is 0 Å². The van der Waals surface area contributed by atoms with Crippen molar-refractivity contribution in [2.45, 2.75) is 19.6 Å². The number of aryl methyl sites for hydroxylation is 1. The van der Waals surface area contributed by atoms with Gasteiger partial charge in [-0.3, -0.25) is 9.69 Å². The zero-order valence-corrected chi connectivity index (χ0v) is 20.1. The van der Waals surface area contributed by atoms with Crippen LogP contribution in [0.4, 0.5) is 27.8 Å². The predicted molar refractivity (Wildman–Crippen MR) is 129 cm³/mol. The zero-order chi connectivity index (χ0) is 27.0. The topological polar surface area (TPSA) is 88.0 Å². The molecule has 198 valence electrons. The fourth-order valence-electron chi connectivity index (χ4n) is 4.38. The van der Waals surface area contributed by atoms with Gasteiger partial charge in [-0.2, -0.15) is 13.2 Å². The van der Waals surface area contributed by atoms with Gasteiger partial charge in [-0.1, -0.05) is 5.21 Å². The molecule has 1 fully saturated rings. The van der Waals surface area contributed by atoms with Crippen LogP contribution in [-0.2, 0) is 12.7 Å². The predicted octanol–water partition coefficient (Wildman–Crippen LogP) is 4.08. The van der Waals surface area contributed by atoms with Gasteiger partial charge in [0, 0.05) is 49.7 Å². The molecule has 0 atom stereocenters. The minimum atomic E-state index is -5.00. The van der Waals surface area contributed by atoms with Crippen LogP contribution in [0.2, 0.25) is 0 Å². The minimum Gasteiger partial charge on any atom is -0.314 e. The van der Waals surface area contributed by atoms with Crippen LogP contribution in [0.25, 0.3) is 16.6 Å². The van der Waals surface area contributed by atoms with Crippen LogP contribution in [0, 0.1) is 18.6 Å². The molecule has 0 saturated carbocycles. The van der Waals surface area contributed by atoms with Gasteiger partial charge in [-0.05, 0) is 48.9 Å². The van der Waals surface area contributed by atoms with Gasteiger partial charge in [0.15, 0.2) is 11.4 Å². The highest BCUT2D eigenvalue weighted by molar-refractivity contribution is 6.03. The molecule has 0 spiro atoms. The summed E-state index contributed by atoms with van der Waals surface area (Å²) in [6, 6.07) is 9.06. The largest absolute Gasteiger partial charge is 0.435 e. The van der Waals surface area contributed by atoms with Gasteiger partial charge in [0.05, 0.1) is 11.2 Å². The Labute approximate surface area is 213 Å². The number of fused-ring (bicyclic) bond motifs is 1. The van der Waals surface area contributed by atoms with E-state index in [0.29, 0.717) is 22.2 Å². The maximum atomic E-state index is 14.8. The molecule has 8 nitrogen and oxygen atoms in total. The molecular weight excluding hydrogens is 509 g/mol. The molecule has 1 aliphatic rings. The number of aromatic nitrogens is 4. The van der Waals surface area contributed by atoms with Crippen LogP contribution in [0.1, 0.15) is 27.3 Å². The number of amides is 1. The van der Waals surface area contributed by atoms with Crippen molar-refractivity contribution in [1.82, 2.24) is 30.2 Å². The van der Waals surface area contributed by atoms with E-state index >= 15 is 0 Å². The van der Waals surface area contributed by atoms with E-state index in [1.165, 1.54) is 19.1 Å². The number of nitrogens with zero attached hydrogens (tertiary/aromatic N) is 5. The summed E-state index contributed by atoms with van der Waals surface area (Å²) in [5.41, 5.74) is -1.59. The Morgan fingerprint density at radius 1 is 1.08 bits per heavy atom. The van der Waals surface area contributed by atoms with Crippen molar-refractivity contribution < 1.29 is 26.7 Å². The van der Waals surface area contributed by atoms with Crippen molar-refractivity contribution >= 4 is 22.6 Å². The Bertz CT molecular complexity index is 1510. The number of carbonyl (C=O) groups excluding carboxylic acids is 1. The van der Waals surface area contributed by atoms with Crippen molar-refractivity contribution in [2.75, 3.05) is 31.5 Å². The van der Waals surface area contributed by atoms with E-state index < -0.39 is 35.1 Å². The number of piperazine rings is 1. The quantitative estimate of drug-likeness (QED) is 0.378. The van der Waals surface area contributed by atoms with Crippen molar-refractivity contribution in [2.24, 2.45) is 0 Å².